The average Bonchev–Trinajstić information content (AvgIpc) is 3.12. The molecule has 0 aromatic heterocycles. The number of rotatable bonds is 18. The Bertz CT molecular complexity index is 1770. The molecule has 1 saturated heterocycles. The fraction of sp³-hybridized carbons (Fsp3) is 0.514. The van der Waals surface area contributed by atoms with Crippen LogP contribution in [0.2, 0.25) is 0 Å². The van der Waals surface area contributed by atoms with Crippen molar-refractivity contribution >= 4 is 25.8 Å². The van der Waals surface area contributed by atoms with E-state index in [0.717, 1.165) is 59.5 Å². The minimum absolute atomic E-state index is 0.0464. The van der Waals surface area contributed by atoms with Crippen molar-refractivity contribution in [1.29, 1.82) is 0 Å². The van der Waals surface area contributed by atoms with E-state index in [1.54, 1.807) is 38.5 Å². The van der Waals surface area contributed by atoms with Crippen molar-refractivity contribution in [3.63, 3.8) is 0 Å². The zero-order valence-corrected chi connectivity index (χ0v) is 31.5. The van der Waals surface area contributed by atoms with E-state index in [2.05, 4.69) is 11.0 Å². The minimum Gasteiger partial charge on any atom is -0.490 e. The van der Waals surface area contributed by atoms with Crippen LogP contribution in [0.3, 0.4) is 0 Å². The maximum absolute atomic E-state index is 14.1. The first-order valence-electron chi connectivity index (χ1n) is 17.2. The van der Waals surface area contributed by atoms with E-state index in [1.165, 1.54) is 4.31 Å². The Morgan fingerprint density at radius 2 is 1.57 bits per heavy atom. The summed E-state index contributed by atoms with van der Waals surface area (Å²) in [5.41, 5.74) is 4.67. The monoisotopic (exact) mass is 746 g/mol. The molecule has 2 heterocycles. The van der Waals surface area contributed by atoms with Gasteiger partial charge in [0.25, 0.3) is 10.1 Å². The molecule has 0 amide bonds. The standard InChI is InChI=1S/C37H50N2O10S2/c1-28-6-13-33(14-7-28)51(42,43)39-23-32(27-49-50(4,40)41)37(31-11-8-29(9-12-31)25-46-21-20-45-3)36(24-39)48-26-30-10-15-35-34(22-30)38(17-19-47-35)16-5-18-44-2/h6-15,22,32,36-37H,5,16-21,23-27H2,1-4H3. The predicted octanol–water partition coefficient (Wildman–Crippen LogP) is 4.36. The second kappa shape index (κ2) is 18.1. The number of hydrogen-bond acceptors (Lipinski definition) is 11. The Morgan fingerprint density at radius 3 is 2.27 bits per heavy atom. The Balaban J connectivity index is 1.46. The first-order valence-corrected chi connectivity index (χ1v) is 20.4. The minimum atomic E-state index is -3.95. The number of methoxy groups -OCH3 is 2. The van der Waals surface area contributed by atoms with Gasteiger partial charge in [0.15, 0.2) is 0 Å². The summed E-state index contributed by atoms with van der Waals surface area (Å²) >= 11 is 0. The molecule has 0 N–H and O–H groups in total. The lowest BCUT2D eigenvalue weighted by atomic mass is 9.79. The molecule has 0 spiro atoms. The van der Waals surface area contributed by atoms with Gasteiger partial charge < -0.3 is 28.6 Å². The molecule has 51 heavy (non-hydrogen) atoms. The van der Waals surface area contributed by atoms with Gasteiger partial charge in [-0.2, -0.15) is 12.7 Å². The Labute approximate surface area is 302 Å². The van der Waals surface area contributed by atoms with Crippen molar-refractivity contribution < 1.29 is 44.7 Å². The van der Waals surface area contributed by atoms with E-state index in [1.807, 2.05) is 43.3 Å². The number of anilines is 1. The smallest absolute Gasteiger partial charge is 0.264 e. The fourth-order valence-electron chi connectivity index (χ4n) is 6.55. The quantitative estimate of drug-likeness (QED) is 0.136. The van der Waals surface area contributed by atoms with Crippen LogP contribution >= 0.6 is 0 Å². The van der Waals surface area contributed by atoms with E-state index in [-0.39, 0.29) is 37.1 Å². The number of hydrogen-bond donors (Lipinski definition) is 0. The molecule has 2 aliphatic heterocycles. The number of nitrogens with zero attached hydrogens (tertiary/aromatic N) is 2. The van der Waals surface area contributed by atoms with E-state index in [4.69, 9.17) is 27.9 Å². The molecule has 0 aliphatic carbocycles. The van der Waals surface area contributed by atoms with Gasteiger partial charge in [-0.3, -0.25) is 4.18 Å². The maximum Gasteiger partial charge on any atom is 0.264 e. The van der Waals surface area contributed by atoms with Crippen LogP contribution < -0.4 is 9.64 Å². The predicted molar refractivity (Wildman–Crippen MR) is 194 cm³/mol. The van der Waals surface area contributed by atoms with Gasteiger partial charge in [-0.05, 0) is 54.3 Å². The van der Waals surface area contributed by atoms with Gasteiger partial charge in [-0.25, -0.2) is 8.42 Å². The fourth-order valence-corrected chi connectivity index (χ4v) is 8.48. The highest BCUT2D eigenvalue weighted by molar-refractivity contribution is 7.89. The number of ether oxygens (including phenoxy) is 5. The summed E-state index contributed by atoms with van der Waals surface area (Å²) in [5.74, 6) is -0.125. The van der Waals surface area contributed by atoms with Crippen molar-refractivity contribution in [2.75, 3.05) is 84.6 Å². The van der Waals surface area contributed by atoms with Crippen molar-refractivity contribution in [2.24, 2.45) is 5.92 Å². The van der Waals surface area contributed by atoms with Gasteiger partial charge in [0, 0.05) is 52.3 Å². The summed E-state index contributed by atoms with van der Waals surface area (Å²) in [4.78, 5) is 2.44. The molecule has 12 nitrogen and oxygen atoms in total. The largest absolute Gasteiger partial charge is 0.490 e. The summed E-state index contributed by atoms with van der Waals surface area (Å²) in [5, 5.41) is 0. The Hall–Kier alpha value is -3.08. The van der Waals surface area contributed by atoms with Crippen molar-refractivity contribution in [3.05, 3.63) is 89.0 Å². The maximum atomic E-state index is 14.1. The van der Waals surface area contributed by atoms with Crippen molar-refractivity contribution in [1.82, 2.24) is 4.31 Å². The summed E-state index contributed by atoms with van der Waals surface area (Å²) in [6, 6.07) is 20.5. The summed E-state index contributed by atoms with van der Waals surface area (Å²) < 4.78 is 88.0. The average molecular weight is 747 g/mol. The molecule has 5 rings (SSSR count). The molecule has 3 atom stereocenters. The number of sulfonamides is 1. The SMILES string of the molecule is COCCCN1CCOc2ccc(COC3CN(S(=O)(=O)c4ccc(C)cc4)CC(COS(C)(=O)=O)C3c3ccc(COCCOC)cc3)cc21. The third-order valence-electron chi connectivity index (χ3n) is 9.17. The van der Waals surface area contributed by atoms with Gasteiger partial charge in [-0.15, -0.1) is 0 Å². The summed E-state index contributed by atoms with van der Waals surface area (Å²) in [6.45, 7) is 6.19. The van der Waals surface area contributed by atoms with E-state index < -0.39 is 32.2 Å². The molecular formula is C37H50N2O10S2. The molecule has 3 aromatic rings. The topological polar surface area (TPSA) is 130 Å². The molecular weight excluding hydrogens is 697 g/mol. The van der Waals surface area contributed by atoms with Gasteiger partial charge in [0.05, 0.1) is 62.5 Å². The lowest BCUT2D eigenvalue weighted by Gasteiger charge is -2.43. The van der Waals surface area contributed by atoms with Crippen LogP contribution in [-0.4, -0.2) is 107 Å². The van der Waals surface area contributed by atoms with Crippen LogP contribution in [-0.2, 0) is 56.5 Å². The van der Waals surface area contributed by atoms with Gasteiger partial charge in [0.1, 0.15) is 12.4 Å². The second-order valence-corrected chi connectivity index (χ2v) is 16.6. The normalized spacial score (nSPS) is 19.8. The first-order chi connectivity index (χ1) is 24.5. The van der Waals surface area contributed by atoms with Crippen LogP contribution in [0.4, 0.5) is 5.69 Å². The second-order valence-electron chi connectivity index (χ2n) is 13.0. The zero-order chi connectivity index (χ0) is 36.4. The lowest BCUT2D eigenvalue weighted by Crippen LogP contribution is -2.52. The highest BCUT2D eigenvalue weighted by Gasteiger charge is 2.43. The molecule has 0 radical (unpaired) electrons. The third-order valence-corrected chi connectivity index (χ3v) is 11.6. The van der Waals surface area contributed by atoms with E-state index in [0.29, 0.717) is 33.0 Å². The molecule has 14 heteroatoms. The highest BCUT2D eigenvalue weighted by Crippen LogP contribution is 2.39. The van der Waals surface area contributed by atoms with E-state index in [9.17, 15) is 16.8 Å². The third kappa shape index (κ3) is 10.7. The summed E-state index contributed by atoms with van der Waals surface area (Å²) in [7, 11) is -4.45. The molecule has 2 aliphatic rings. The van der Waals surface area contributed by atoms with Crippen molar-refractivity contribution in [3.8, 4) is 5.75 Å². The number of aryl methyl sites for hydroxylation is 1. The van der Waals surface area contributed by atoms with Crippen LogP contribution in [0.15, 0.2) is 71.6 Å². The molecule has 1 fully saturated rings. The summed E-state index contributed by atoms with van der Waals surface area (Å²) in [6.07, 6.45) is 1.23. The van der Waals surface area contributed by atoms with Crippen LogP contribution in [0.25, 0.3) is 0 Å². The van der Waals surface area contributed by atoms with Crippen LogP contribution in [0.5, 0.6) is 5.75 Å². The number of piperidine rings is 1. The van der Waals surface area contributed by atoms with Crippen LogP contribution in [0, 0.1) is 12.8 Å². The molecule has 0 bridgehead atoms. The molecule has 3 aromatic carbocycles. The zero-order valence-electron chi connectivity index (χ0n) is 29.9. The number of benzene rings is 3. The van der Waals surface area contributed by atoms with Gasteiger partial charge in [-0.1, -0.05) is 48.0 Å². The van der Waals surface area contributed by atoms with E-state index >= 15 is 0 Å². The molecule has 0 saturated carbocycles. The highest BCUT2D eigenvalue weighted by atomic mass is 32.2. The van der Waals surface area contributed by atoms with Gasteiger partial charge >= 0.3 is 0 Å². The lowest BCUT2D eigenvalue weighted by molar-refractivity contribution is -0.0327. The number of fused-ring (bicyclic) bond motifs is 1. The van der Waals surface area contributed by atoms with Crippen molar-refractivity contribution in [2.45, 2.75) is 43.5 Å². The van der Waals surface area contributed by atoms with Crippen LogP contribution in [0.1, 0.15) is 34.6 Å². The first kappa shape index (κ1) is 39.1. The van der Waals surface area contributed by atoms with Gasteiger partial charge in [0.2, 0.25) is 10.0 Å². The Kier molecular flexibility index (Phi) is 13.9. The molecule has 3 unspecified atom stereocenters. The Morgan fingerprint density at radius 1 is 0.843 bits per heavy atom. The molecule has 280 valence electrons.